The molecule has 1 aromatic carbocycles. The number of aromatic nitrogens is 6. The van der Waals surface area contributed by atoms with E-state index in [2.05, 4.69) is 36.7 Å². The maximum Gasteiger partial charge on any atom is 0.132 e. The van der Waals surface area contributed by atoms with Crippen LogP contribution in [-0.2, 0) is 0 Å². The molecule has 4 aromatic heterocycles. The minimum absolute atomic E-state index is 0.313. The molecule has 32 heavy (non-hydrogen) atoms. The van der Waals surface area contributed by atoms with E-state index in [0.29, 0.717) is 22.5 Å². The van der Waals surface area contributed by atoms with E-state index < -0.39 is 0 Å². The van der Waals surface area contributed by atoms with Crippen molar-refractivity contribution >= 4 is 28.6 Å². The number of nitrogens with zero attached hydrogens (tertiary/aromatic N) is 4. The van der Waals surface area contributed by atoms with Gasteiger partial charge >= 0.3 is 0 Å². The zero-order chi connectivity index (χ0) is 22.1. The number of hydrogen-bond donors (Lipinski definition) is 2. The van der Waals surface area contributed by atoms with Crippen molar-refractivity contribution < 1.29 is 4.39 Å². The summed E-state index contributed by atoms with van der Waals surface area (Å²) < 4.78 is 14.5. The largest absolute Gasteiger partial charge is 0.353 e. The predicted octanol–water partition coefficient (Wildman–Crippen LogP) is 3.84. The summed E-state index contributed by atoms with van der Waals surface area (Å²) in [4.78, 5) is 16.3. The summed E-state index contributed by atoms with van der Waals surface area (Å²) >= 11 is 0. The highest BCUT2D eigenvalue weighted by atomic mass is 19.1. The van der Waals surface area contributed by atoms with Crippen molar-refractivity contribution in [2.45, 2.75) is 6.92 Å². The van der Waals surface area contributed by atoms with Gasteiger partial charge in [0.2, 0.25) is 0 Å². The molecule has 0 spiro atoms. The van der Waals surface area contributed by atoms with Gasteiger partial charge in [-0.25, -0.2) is 4.39 Å². The van der Waals surface area contributed by atoms with Crippen LogP contribution in [-0.4, -0.2) is 30.1 Å². The zero-order valence-electron chi connectivity index (χ0n) is 17.3. The van der Waals surface area contributed by atoms with Crippen LogP contribution in [0.3, 0.4) is 0 Å². The van der Waals surface area contributed by atoms with Gasteiger partial charge in [-0.3, -0.25) is 20.1 Å². The second-order valence-corrected chi connectivity index (χ2v) is 7.23. The average molecular weight is 422 g/mol. The molecule has 0 saturated heterocycles. The van der Waals surface area contributed by atoms with E-state index in [0.717, 1.165) is 32.9 Å². The summed E-state index contributed by atoms with van der Waals surface area (Å²) in [5.41, 5.74) is 4.79. The molecule has 0 saturated carbocycles. The quantitative estimate of drug-likeness (QED) is 0.461. The van der Waals surface area contributed by atoms with Gasteiger partial charge in [-0.15, -0.1) is 0 Å². The Morgan fingerprint density at radius 2 is 1.94 bits per heavy atom. The number of hydrogen-bond acceptors (Lipinski definition) is 4. The fraction of sp³-hybridized carbons (Fsp3) is 0.0400. The molecule has 7 heteroatoms. The number of fused-ring (bicyclic) bond motifs is 1. The van der Waals surface area contributed by atoms with E-state index in [4.69, 9.17) is 0 Å². The van der Waals surface area contributed by atoms with Gasteiger partial charge in [0.05, 0.1) is 28.6 Å². The standard InChI is InChI=1S/C25H19FN6/c1-3-20-17(12-15(2)23-14-27-10-11-28-23)25(32-31-20)22-13-18-21(30-22)8-9-29-24(18)16-6-4-5-7-19(16)26/h3-14,30-31H,2H2,1H3/b17-12+,20-3+. The topological polar surface area (TPSA) is 83.1 Å². The molecule has 6 nitrogen and oxygen atoms in total. The van der Waals surface area contributed by atoms with Gasteiger partial charge in [-0.2, -0.15) is 5.10 Å². The third kappa shape index (κ3) is 3.39. The Labute approximate surface area is 182 Å². The van der Waals surface area contributed by atoms with Crippen molar-refractivity contribution in [3.05, 3.63) is 89.8 Å². The second kappa shape index (κ2) is 8.03. The number of nitrogens with one attached hydrogen (secondary N) is 2. The highest BCUT2D eigenvalue weighted by molar-refractivity contribution is 5.96. The normalized spacial score (nSPS) is 12.6. The Bertz CT molecular complexity index is 1560. The lowest BCUT2D eigenvalue weighted by Crippen LogP contribution is -2.23. The fourth-order valence-electron chi connectivity index (χ4n) is 3.70. The molecule has 2 N–H and O–H groups in total. The highest BCUT2D eigenvalue weighted by Crippen LogP contribution is 2.30. The van der Waals surface area contributed by atoms with Crippen LogP contribution in [0.15, 0.2) is 67.8 Å². The molecule has 0 bridgehead atoms. The van der Waals surface area contributed by atoms with E-state index in [1.807, 2.05) is 31.2 Å². The van der Waals surface area contributed by atoms with Crippen LogP contribution in [0.4, 0.5) is 4.39 Å². The molecule has 4 heterocycles. The van der Waals surface area contributed by atoms with Gasteiger partial charge in [0, 0.05) is 40.3 Å². The Morgan fingerprint density at radius 3 is 2.72 bits per heavy atom. The highest BCUT2D eigenvalue weighted by Gasteiger charge is 2.15. The third-order valence-electron chi connectivity index (χ3n) is 5.27. The number of aromatic amines is 2. The summed E-state index contributed by atoms with van der Waals surface area (Å²) in [5, 5.41) is 10.1. The van der Waals surface area contributed by atoms with Gasteiger partial charge < -0.3 is 4.98 Å². The molecule has 156 valence electrons. The minimum Gasteiger partial charge on any atom is -0.353 e. The Balaban J connectivity index is 1.69. The first-order chi connectivity index (χ1) is 15.7. The number of benzene rings is 1. The van der Waals surface area contributed by atoms with Crippen LogP contribution in [0.1, 0.15) is 12.6 Å². The number of pyridine rings is 1. The van der Waals surface area contributed by atoms with Crippen LogP contribution < -0.4 is 10.6 Å². The van der Waals surface area contributed by atoms with E-state index >= 15 is 0 Å². The first-order valence-corrected chi connectivity index (χ1v) is 10.1. The van der Waals surface area contributed by atoms with Crippen molar-refractivity contribution in [3.63, 3.8) is 0 Å². The monoisotopic (exact) mass is 422 g/mol. The SMILES string of the molecule is C=C(/C=c1/c(-c2cc3c(-c4ccccc4F)nccc3[nH]2)n[nH]/c1=C/C)c1cnccn1. The molecule has 0 aliphatic heterocycles. The van der Waals surface area contributed by atoms with Gasteiger partial charge in [0.15, 0.2) is 0 Å². The Morgan fingerprint density at radius 1 is 1.06 bits per heavy atom. The molecule has 0 unspecified atom stereocenters. The lowest BCUT2D eigenvalue weighted by molar-refractivity contribution is 0.631. The van der Waals surface area contributed by atoms with Gasteiger partial charge in [-0.1, -0.05) is 24.8 Å². The van der Waals surface area contributed by atoms with E-state index in [9.17, 15) is 4.39 Å². The van der Waals surface area contributed by atoms with Gasteiger partial charge in [-0.05, 0) is 42.8 Å². The Hall–Kier alpha value is -4.39. The lowest BCUT2D eigenvalue weighted by atomic mass is 10.1. The maximum absolute atomic E-state index is 14.5. The van der Waals surface area contributed by atoms with E-state index in [1.54, 1.807) is 43.0 Å². The van der Waals surface area contributed by atoms with Crippen molar-refractivity contribution in [2.24, 2.45) is 0 Å². The maximum atomic E-state index is 14.5. The smallest absolute Gasteiger partial charge is 0.132 e. The number of allylic oxidation sites excluding steroid dienone is 1. The van der Waals surface area contributed by atoms with Crippen LogP contribution in [0.5, 0.6) is 0 Å². The number of H-pyrrole nitrogens is 2. The van der Waals surface area contributed by atoms with Crippen molar-refractivity contribution in [1.29, 1.82) is 0 Å². The number of rotatable bonds is 4. The lowest BCUT2D eigenvalue weighted by Gasteiger charge is -2.03. The second-order valence-electron chi connectivity index (χ2n) is 7.23. The Kier molecular flexibility index (Phi) is 4.91. The summed E-state index contributed by atoms with van der Waals surface area (Å²) in [6.07, 6.45) is 10.5. The summed E-state index contributed by atoms with van der Waals surface area (Å²) in [7, 11) is 0. The van der Waals surface area contributed by atoms with Crippen LogP contribution in [0.25, 0.3) is 51.3 Å². The molecular formula is C25H19FN6. The van der Waals surface area contributed by atoms with Gasteiger partial charge in [0.1, 0.15) is 11.5 Å². The molecular weight excluding hydrogens is 403 g/mol. The van der Waals surface area contributed by atoms with Crippen LogP contribution in [0, 0.1) is 5.82 Å². The molecule has 0 fully saturated rings. The summed E-state index contributed by atoms with van der Waals surface area (Å²) in [6, 6.07) is 10.4. The zero-order valence-corrected chi connectivity index (χ0v) is 17.3. The number of halogens is 1. The average Bonchev–Trinajstić information content (AvgIpc) is 3.43. The summed E-state index contributed by atoms with van der Waals surface area (Å²) in [5.74, 6) is -0.313. The van der Waals surface area contributed by atoms with Crippen molar-refractivity contribution in [3.8, 4) is 22.6 Å². The molecule has 0 radical (unpaired) electrons. The third-order valence-corrected chi connectivity index (χ3v) is 5.27. The van der Waals surface area contributed by atoms with Crippen molar-refractivity contribution in [1.82, 2.24) is 30.1 Å². The van der Waals surface area contributed by atoms with E-state index in [-0.39, 0.29) is 5.82 Å². The first-order valence-electron chi connectivity index (χ1n) is 10.1. The van der Waals surface area contributed by atoms with Crippen LogP contribution >= 0.6 is 0 Å². The molecule has 0 atom stereocenters. The first kappa shape index (κ1) is 19.6. The van der Waals surface area contributed by atoms with E-state index in [1.165, 1.54) is 6.07 Å². The molecule has 0 amide bonds. The minimum atomic E-state index is -0.313. The fourth-order valence-corrected chi connectivity index (χ4v) is 3.70. The molecule has 5 aromatic rings. The van der Waals surface area contributed by atoms with Gasteiger partial charge in [0.25, 0.3) is 0 Å². The predicted molar refractivity (Wildman–Crippen MR) is 124 cm³/mol. The summed E-state index contributed by atoms with van der Waals surface area (Å²) in [6.45, 7) is 6.08. The van der Waals surface area contributed by atoms with Crippen LogP contribution in [0.2, 0.25) is 0 Å². The molecule has 0 aliphatic rings. The molecule has 5 rings (SSSR count). The molecule has 0 aliphatic carbocycles. The van der Waals surface area contributed by atoms with Crippen molar-refractivity contribution in [2.75, 3.05) is 0 Å².